The molecule has 0 aliphatic rings. The minimum absolute atomic E-state index is 0.516. The Balaban J connectivity index is 0.000000270. The van der Waals surface area contributed by atoms with Crippen LogP contribution in [0, 0.1) is 0 Å². The normalized spacial score (nSPS) is 9.71. The lowest BCUT2D eigenvalue weighted by atomic mass is 10.0. The van der Waals surface area contributed by atoms with Crippen molar-refractivity contribution in [3.8, 4) is 0 Å². The zero-order valence-electron chi connectivity index (χ0n) is 12.6. The van der Waals surface area contributed by atoms with Gasteiger partial charge in [-0.3, -0.25) is 4.79 Å². The molecule has 112 valence electrons. The summed E-state index contributed by atoms with van der Waals surface area (Å²) in [5.41, 5.74) is 1.86. The van der Waals surface area contributed by atoms with Gasteiger partial charge >= 0.3 is 0 Å². The first-order valence-corrected chi connectivity index (χ1v) is 7.20. The molecule has 0 bridgehead atoms. The van der Waals surface area contributed by atoms with Crippen LogP contribution in [0.4, 0.5) is 0 Å². The lowest BCUT2D eigenvalue weighted by Crippen LogP contribution is -2.19. The van der Waals surface area contributed by atoms with Crippen molar-refractivity contribution >= 4 is 6.41 Å². The molecule has 0 radical (unpaired) electrons. The first-order chi connectivity index (χ1) is 10.2. The van der Waals surface area contributed by atoms with Crippen LogP contribution < -0.4 is 0 Å². The molecule has 0 aliphatic carbocycles. The quantitative estimate of drug-likeness (QED) is 0.857. The summed E-state index contributed by atoms with van der Waals surface area (Å²) < 4.78 is 0. The summed E-state index contributed by atoms with van der Waals surface area (Å²) in [4.78, 5) is 11.6. The van der Waals surface area contributed by atoms with Gasteiger partial charge in [0.15, 0.2) is 0 Å². The van der Waals surface area contributed by atoms with Crippen LogP contribution in [0.15, 0.2) is 60.7 Å². The maximum atomic E-state index is 9.99. The smallest absolute Gasteiger partial charge is 0.209 e. The number of aliphatic hydroxyl groups is 1. The molecule has 0 spiro atoms. The van der Waals surface area contributed by atoms with E-state index in [1.54, 1.807) is 4.90 Å². The van der Waals surface area contributed by atoms with E-state index >= 15 is 0 Å². The highest BCUT2D eigenvalue weighted by Gasteiger charge is 2.07. The van der Waals surface area contributed by atoms with Gasteiger partial charge in [0.1, 0.15) is 6.10 Å². The third-order valence-corrected chi connectivity index (χ3v) is 3.19. The van der Waals surface area contributed by atoms with E-state index in [2.05, 4.69) is 0 Å². The topological polar surface area (TPSA) is 40.5 Å². The number of hydrogen-bond acceptors (Lipinski definition) is 2. The molecule has 2 aromatic carbocycles. The Hall–Kier alpha value is -2.13. The molecule has 0 unspecified atom stereocenters. The second-order valence-corrected chi connectivity index (χ2v) is 4.55. The van der Waals surface area contributed by atoms with E-state index in [1.807, 2.05) is 74.5 Å². The SMILES string of the molecule is CCN(C=O)CC.OC(c1ccccc1)c1ccccc1. The predicted molar refractivity (Wildman–Crippen MR) is 85.9 cm³/mol. The van der Waals surface area contributed by atoms with Gasteiger partial charge in [0.2, 0.25) is 6.41 Å². The number of carbonyl (C=O) groups excluding carboxylic acids is 1. The maximum absolute atomic E-state index is 9.99. The van der Waals surface area contributed by atoms with Gasteiger partial charge < -0.3 is 10.0 Å². The van der Waals surface area contributed by atoms with Crippen molar-refractivity contribution in [1.29, 1.82) is 0 Å². The second-order valence-electron chi connectivity index (χ2n) is 4.55. The first-order valence-electron chi connectivity index (χ1n) is 7.20. The van der Waals surface area contributed by atoms with Gasteiger partial charge in [-0.05, 0) is 25.0 Å². The molecule has 2 aromatic rings. The van der Waals surface area contributed by atoms with Crippen LogP contribution in [0.1, 0.15) is 31.1 Å². The lowest BCUT2D eigenvalue weighted by Gasteiger charge is -2.10. The monoisotopic (exact) mass is 285 g/mol. The van der Waals surface area contributed by atoms with Crippen molar-refractivity contribution in [3.05, 3.63) is 71.8 Å². The average molecular weight is 285 g/mol. The Bertz CT molecular complexity index is 456. The van der Waals surface area contributed by atoms with Crippen LogP contribution in [0.3, 0.4) is 0 Å². The largest absolute Gasteiger partial charge is 0.384 e. The van der Waals surface area contributed by atoms with Gasteiger partial charge in [-0.1, -0.05) is 60.7 Å². The van der Waals surface area contributed by atoms with Crippen molar-refractivity contribution in [3.63, 3.8) is 0 Å². The van der Waals surface area contributed by atoms with Crippen LogP contribution >= 0.6 is 0 Å². The van der Waals surface area contributed by atoms with E-state index in [0.29, 0.717) is 0 Å². The van der Waals surface area contributed by atoms with Crippen LogP contribution in [-0.2, 0) is 4.79 Å². The summed E-state index contributed by atoms with van der Waals surface area (Å²) in [6.45, 7) is 5.55. The molecule has 0 atom stereocenters. The van der Waals surface area contributed by atoms with E-state index in [4.69, 9.17) is 0 Å². The molecular weight excluding hydrogens is 262 g/mol. The third-order valence-electron chi connectivity index (χ3n) is 3.19. The fourth-order valence-corrected chi connectivity index (χ4v) is 1.84. The predicted octanol–water partition coefficient (Wildman–Crippen LogP) is 3.25. The molecular formula is C18H23NO2. The molecule has 0 fully saturated rings. The van der Waals surface area contributed by atoms with Crippen molar-refractivity contribution in [2.24, 2.45) is 0 Å². The Morgan fingerprint density at radius 3 is 1.52 bits per heavy atom. The standard InChI is InChI=1S/C13H12O.C5H11NO/c14-13(11-7-3-1-4-8-11)12-9-5-2-6-10-12;1-3-6(4-2)5-7/h1-10,13-14H;5H,3-4H2,1-2H3. The zero-order valence-corrected chi connectivity index (χ0v) is 12.6. The summed E-state index contributed by atoms with van der Waals surface area (Å²) in [5.74, 6) is 0. The summed E-state index contributed by atoms with van der Waals surface area (Å²) >= 11 is 0. The molecule has 2 rings (SSSR count). The Labute approximate surface area is 126 Å². The number of carbonyl (C=O) groups is 1. The minimum Gasteiger partial charge on any atom is -0.384 e. The first kappa shape index (κ1) is 16.9. The molecule has 21 heavy (non-hydrogen) atoms. The Morgan fingerprint density at radius 1 is 0.905 bits per heavy atom. The molecule has 1 amide bonds. The fraction of sp³-hybridized carbons (Fsp3) is 0.278. The molecule has 0 aromatic heterocycles. The number of benzene rings is 2. The van der Waals surface area contributed by atoms with Gasteiger partial charge in [0.05, 0.1) is 0 Å². The van der Waals surface area contributed by atoms with E-state index in [0.717, 1.165) is 30.6 Å². The van der Waals surface area contributed by atoms with E-state index in [9.17, 15) is 9.90 Å². The molecule has 0 aliphatic heterocycles. The van der Waals surface area contributed by atoms with Crippen LogP contribution in [0.25, 0.3) is 0 Å². The number of amides is 1. The number of nitrogens with zero attached hydrogens (tertiary/aromatic N) is 1. The van der Waals surface area contributed by atoms with E-state index in [1.165, 1.54) is 0 Å². The Morgan fingerprint density at radius 2 is 1.29 bits per heavy atom. The Kier molecular flexibility index (Phi) is 7.84. The number of aliphatic hydroxyl groups excluding tert-OH is 1. The van der Waals surface area contributed by atoms with Crippen molar-refractivity contribution in [2.45, 2.75) is 20.0 Å². The summed E-state index contributed by atoms with van der Waals surface area (Å²) in [5, 5.41) is 9.99. The van der Waals surface area contributed by atoms with Crippen molar-refractivity contribution < 1.29 is 9.90 Å². The van der Waals surface area contributed by atoms with Gasteiger partial charge in [0.25, 0.3) is 0 Å². The second kappa shape index (κ2) is 9.72. The highest BCUT2D eigenvalue weighted by Crippen LogP contribution is 2.20. The van der Waals surface area contributed by atoms with Crippen molar-refractivity contribution in [2.75, 3.05) is 13.1 Å². The highest BCUT2D eigenvalue weighted by molar-refractivity contribution is 5.46. The molecule has 0 heterocycles. The molecule has 0 saturated heterocycles. The maximum Gasteiger partial charge on any atom is 0.209 e. The van der Waals surface area contributed by atoms with E-state index in [-0.39, 0.29) is 0 Å². The van der Waals surface area contributed by atoms with Gasteiger partial charge in [-0.2, -0.15) is 0 Å². The number of hydrogen-bond donors (Lipinski definition) is 1. The van der Waals surface area contributed by atoms with Gasteiger partial charge in [0, 0.05) is 13.1 Å². The minimum atomic E-state index is -0.516. The van der Waals surface area contributed by atoms with E-state index < -0.39 is 6.10 Å². The number of rotatable bonds is 5. The third kappa shape index (κ3) is 5.79. The molecule has 1 N–H and O–H groups in total. The lowest BCUT2D eigenvalue weighted by molar-refractivity contribution is -0.117. The summed E-state index contributed by atoms with van der Waals surface area (Å²) in [7, 11) is 0. The molecule has 0 saturated carbocycles. The molecule has 3 heteroatoms. The summed E-state index contributed by atoms with van der Waals surface area (Å²) in [6.07, 6.45) is 0.345. The molecule has 3 nitrogen and oxygen atoms in total. The van der Waals surface area contributed by atoms with Crippen molar-refractivity contribution in [1.82, 2.24) is 4.90 Å². The van der Waals surface area contributed by atoms with Crippen LogP contribution in [0.5, 0.6) is 0 Å². The highest BCUT2D eigenvalue weighted by atomic mass is 16.3. The summed E-state index contributed by atoms with van der Waals surface area (Å²) in [6, 6.07) is 19.3. The van der Waals surface area contributed by atoms with Crippen LogP contribution in [0.2, 0.25) is 0 Å². The fourth-order valence-electron chi connectivity index (χ4n) is 1.84. The van der Waals surface area contributed by atoms with Gasteiger partial charge in [-0.25, -0.2) is 0 Å². The average Bonchev–Trinajstić information content (AvgIpc) is 2.58. The van der Waals surface area contributed by atoms with Crippen LogP contribution in [-0.4, -0.2) is 29.5 Å². The van der Waals surface area contributed by atoms with Gasteiger partial charge in [-0.15, -0.1) is 0 Å². The zero-order chi connectivity index (χ0) is 15.5.